The average molecular weight is 188 g/mol. The van der Waals surface area contributed by atoms with Gasteiger partial charge in [-0.1, -0.05) is 17.8 Å². The molecule has 0 saturated carbocycles. The van der Waals surface area contributed by atoms with Gasteiger partial charge >= 0.3 is 0 Å². The van der Waals surface area contributed by atoms with Gasteiger partial charge in [0, 0.05) is 9.79 Å². The molecule has 11 heavy (non-hydrogen) atoms. The van der Waals surface area contributed by atoms with Crippen molar-refractivity contribution in [3.05, 3.63) is 18.2 Å². The van der Waals surface area contributed by atoms with E-state index in [1.165, 1.54) is 17.8 Å². The lowest BCUT2D eigenvalue weighted by Gasteiger charge is -1.91. The summed E-state index contributed by atoms with van der Waals surface area (Å²) in [5, 5.41) is 0. The highest BCUT2D eigenvalue weighted by molar-refractivity contribution is 8.05. The zero-order chi connectivity index (χ0) is 8.06. The molecule has 0 aromatic heterocycles. The van der Waals surface area contributed by atoms with Gasteiger partial charge < -0.3 is 0 Å². The molecule has 5 heteroatoms. The van der Waals surface area contributed by atoms with E-state index < -0.39 is 10.1 Å². The molecular formula is C6H4O3S2. The van der Waals surface area contributed by atoms with Crippen LogP contribution in [0.2, 0.25) is 0 Å². The Labute approximate surface area is 68.2 Å². The molecule has 1 aromatic carbocycles. The summed E-state index contributed by atoms with van der Waals surface area (Å²) in [7, 11) is -4.00. The first-order valence-corrected chi connectivity index (χ1v) is 5.13. The molecule has 0 atom stereocenters. The summed E-state index contributed by atoms with van der Waals surface area (Å²) in [6.45, 7) is 0. The van der Waals surface area contributed by atoms with Crippen molar-refractivity contribution in [2.75, 3.05) is 0 Å². The molecule has 0 radical (unpaired) electrons. The maximum absolute atomic E-state index is 10.6. The van der Waals surface area contributed by atoms with E-state index in [4.69, 9.17) is 4.55 Å². The van der Waals surface area contributed by atoms with Gasteiger partial charge in [-0.3, -0.25) is 4.55 Å². The highest BCUT2D eigenvalue weighted by atomic mass is 32.2. The van der Waals surface area contributed by atoms with E-state index in [-0.39, 0.29) is 4.90 Å². The van der Waals surface area contributed by atoms with Crippen LogP contribution in [0.3, 0.4) is 0 Å². The van der Waals surface area contributed by atoms with Gasteiger partial charge in [0.15, 0.2) is 0 Å². The van der Waals surface area contributed by atoms with E-state index in [2.05, 4.69) is 0 Å². The van der Waals surface area contributed by atoms with Gasteiger partial charge in [-0.05, 0) is 12.1 Å². The SMILES string of the molecule is O=S(=O)(O)c1cccc2c1S2. The molecule has 58 valence electrons. The van der Waals surface area contributed by atoms with Crippen molar-refractivity contribution in [2.24, 2.45) is 0 Å². The van der Waals surface area contributed by atoms with Crippen LogP contribution in [0.15, 0.2) is 32.9 Å². The Morgan fingerprint density at radius 2 is 2.09 bits per heavy atom. The smallest absolute Gasteiger partial charge is 0.282 e. The van der Waals surface area contributed by atoms with Crippen LogP contribution in [0.25, 0.3) is 0 Å². The lowest BCUT2D eigenvalue weighted by Crippen LogP contribution is -1.96. The zero-order valence-electron chi connectivity index (χ0n) is 5.31. The molecule has 2 rings (SSSR count). The van der Waals surface area contributed by atoms with Crippen molar-refractivity contribution in [3.8, 4) is 0 Å². The van der Waals surface area contributed by atoms with Gasteiger partial charge in [0.1, 0.15) is 4.90 Å². The molecule has 0 aliphatic carbocycles. The Kier molecular flexibility index (Phi) is 1.30. The monoisotopic (exact) mass is 188 g/mol. The average Bonchev–Trinajstić information content (AvgIpc) is 2.60. The lowest BCUT2D eigenvalue weighted by molar-refractivity contribution is 0.481. The molecule has 1 heterocycles. The van der Waals surface area contributed by atoms with E-state index in [0.29, 0.717) is 4.90 Å². The van der Waals surface area contributed by atoms with Crippen LogP contribution >= 0.6 is 11.8 Å². The fourth-order valence-electron chi connectivity index (χ4n) is 0.868. The maximum Gasteiger partial charge on any atom is 0.295 e. The van der Waals surface area contributed by atoms with E-state index in [0.717, 1.165) is 4.90 Å². The van der Waals surface area contributed by atoms with Crippen molar-refractivity contribution in [1.82, 2.24) is 0 Å². The number of fused-ring (bicyclic) bond motifs is 1. The predicted octanol–water partition coefficient (Wildman–Crippen LogP) is 1.40. The molecule has 0 bridgehead atoms. The summed E-state index contributed by atoms with van der Waals surface area (Å²) < 4.78 is 29.9. The van der Waals surface area contributed by atoms with Gasteiger partial charge in [-0.25, -0.2) is 0 Å². The van der Waals surface area contributed by atoms with E-state index in [1.54, 1.807) is 6.07 Å². The van der Waals surface area contributed by atoms with Crippen LogP contribution in [0, 0.1) is 0 Å². The second kappa shape index (κ2) is 2.00. The van der Waals surface area contributed by atoms with Crippen LogP contribution in [0.4, 0.5) is 0 Å². The summed E-state index contributed by atoms with van der Waals surface area (Å²) in [4.78, 5) is 1.63. The van der Waals surface area contributed by atoms with Gasteiger partial charge in [-0.15, -0.1) is 0 Å². The first kappa shape index (κ1) is 7.15. The van der Waals surface area contributed by atoms with Crippen molar-refractivity contribution >= 4 is 21.9 Å². The Morgan fingerprint density at radius 3 is 2.64 bits per heavy atom. The topological polar surface area (TPSA) is 54.4 Å². The van der Waals surface area contributed by atoms with Crippen LogP contribution < -0.4 is 0 Å². The fourth-order valence-corrected chi connectivity index (χ4v) is 2.63. The Bertz CT molecular complexity index is 408. The van der Waals surface area contributed by atoms with Crippen molar-refractivity contribution in [3.63, 3.8) is 0 Å². The number of rotatable bonds is 1. The summed E-state index contributed by atoms with van der Waals surface area (Å²) >= 11 is 1.37. The van der Waals surface area contributed by atoms with Gasteiger partial charge in [0.2, 0.25) is 0 Å². The largest absolute Gasteiger partial charge is 0.295 e. The van der Waals surface area contributed by atoms with Crippen LogP contribution in [0.5, 0.6) is 0 Å². The second-order valence-electron chi connectivity index (χ2n) is 2.16. The third-order valence-electron chi connectivity index (χ3n) is 1.39. The fraction of sp³-hybridized carbons (Fsp3) is 0. The standard InChI is InChI=1S/C6H4O3S2/c7-11(8,9)5-3-1-2-4-6(5)10-4/h1-3H,(H,7,8,9). The quantitative estimate of drug-likeness (QED) is 0.543. The maximum atomic E-state index is 10.6. The Balaban J connectivity index is 2.68. The minimum atomic E-state index is -4.00. The van der Waals surface area contributed by atoms with Crippen LogP contribution in [-0.2, 0) is 10.1 Å². The highest BCUT2D eigenvalue weighted by Gasteiger charge is 2.27. The number of hydrogen-bond acceptors (Lipinski definition) is 3. The number of hydrogen-bond donors (Lipinski definition) is 1. The normalized spacial score (nSPS) is 14.3. The summed E-state index contributed by atoms with van der Waals surface area (Å²) in [5.74, 6) is 0. The molecule has 1 aliphatic rings. The third-order valence-corrected chi connectivity index (χ3v) is 3.42. The van der Waals surface area contributed by atoms with Crippen molar-refractivity contribution in [1.29, 1.82) is 0 Å². The lowest BCUT2D eigenvalue weighted by atomic mass is 10.4. The number of benzene rings is 1. The first-order chi connectivity index (χ1) is 5.09. The van der Waals surface area contributed by atoms with Crippen LogP contribution in [0.1, 0.15) is 0 Å². The Hall–Kier alpha value is -0.520. The van der Waals surface area contributed by atoms with E-state index in [9.17, 15) is 8.42 Å². The summed E-state index contributed by atoms with van der Waals surface area (Å²) in [6, 6.07) is 4.82. The molecule has 0 amide bonds. The Morgan fingerprint density at radius 1 is 1.36 bits per heavy atom. The molecule has 0 saturated heterocycles. The minimum absolute atomic E-state index is 0.0278. The summed E-state index contributed by atoms with van der Waals surface area (Å²) in [6.07, 6.45) is 0. The molecule has 0 unspecified atom stereocenters. The van der Waals surface area contributed by atoms with Crippen molar-refractivity contribution < 1.29 is 13.0 Å². The van der Waals surface area contributed by atoms with E-state index >= 15 is 0 Å². The predicted molar refractivity (Wildman–Crippen MR) is 40.4 cm³/mol. The molecule has 1 aromatic rings. The minimum Gasteiger partial charge on any atom is -0.282 e. The molecule has 1 N–H and O–H groups in total. The molecule has 3 nitrogen and oxygen atoms in total. The molecule has 1 aliphatic heterocycles. The highest BCUT2D eigenvalue weighted by Crippen LogP contribution is 2.51. The molecule has 0 spiro atoms. The van der Waals surface area contributed by atoms with Gasteiger partial charge in [-0.2, -0.15) is 8.42 Å². The molecule has 0 fully saturated rings. The molecular weight excluding hydrogens is 184 g/mol. The second-order valence-corrected chi connectivity index (χ2v) is 4.60. The van der Waals surface area contributed by atoms with E-state index in [1.807, 2.05) is 6.07 Å². The first-order valence-electron chi connectivity index (χ1n) is 2.87. The van der Waals surface area contributed by atoms with Gasteiger partial charge in [0.25, 0.3) is 10.1 Å². The summed E-state index contributed by atoms with van der Waals surface area (Å²) in [5.41, 5.74) is 0. The van der Waals surface area contributed by atoms with Crippen molar-refractivity contribution in [2.45, 2.75) is 14.7 Å². The van der Waals surface area contributed by atoms with Crippen LogP contribution in [-0.4, -0.2) is 13.0 Å². The third kappa shape index (κ3) is 1.15. The van der Waals surface area contributed by atoms with Gasteiger partial charge in [0.05, 0.1) is 0 Å². The zero-order valence-corrected chi connectivity index (χ0v) is 6.95.